The molecule has 0 N–H and O–H groups in total. The number of nitrogens with zero attached hydrogens (tertiary/aromatic N) is 8. The van der Waals surface area contributed by atoms with Crippen molar-refractivity contribution in [2.24, 2.45) is 0 Å². The molecule has 232 valence electrons. The van der Waals surface area contributed by atoms with Crippen LogP contribution in [0.4, 0.5) is 34.1 Å². The van der Waals surface area contributed by atoms with Crippen LogP contribution in [0.3, 0.4) is 0 Å². The Morgan fingerprint density at radius 3 is 1.64 bits per heavy atom. The number of aryl methyl sites for hydroxylation is 1. The Morgan fingerprint density at radius 2 is 1.14 bits per heavy atom. The summed E-state index contributed by atoms with van der Waals surface area (Å²) in [7, 11) is 0. The first-order chi connectivity index (χ1) is 24.2. The van der Waals surface area contributed by atoms with Crippen molar-refractivity contribution in [2.45, 2.75) is 32.1 Å². The molecule has 6 rings (SSSR count). The maximum absolute atomic E-state index is 10.8. The molecule has 0 radical (unpaired) electrons. The normalized spacial score (nSPS) is 12.6. The van der Waals surface area contributed by atoms with Crippen LogP contribution in [0.2, 0.25) is 0 Å². The van der Waals surface area contributed by atoms with Crippen molar-refractivity contribution >= 4 is 34.1 Å². The lowest BCUT2D eigenvalue weighted by molar-refractivity contribution is 0.632. The molecule has 1 aliphatic rings. The predicted molar refractivity (Wildman–Crippen MR) is 189 cm³/mol. The van der Waals surface area contributed by atoms with Gasteiger partial charge in [-0.05, 0) is 71.1 Å². The van der Waals surface area contributed by atoms with Gasteiger partial charge >= 0.3 is 0 Å². The van der Waals surface area contributed by atoms with E-state index in [-0.39, 0.29) is 55.9 Å². The lowest BCUT2D eigenvalue weighted by atomic mass is 9.73. The number of para-hydroxylation sites is 2. The summed E-state index contributed by atoms with van der Waals surface area (Å²) in [6, 6.07) is 33.7. The standard InChI is InChI=1S/C42H24N8/c1-25-15-27(21-43)39(34(16-25)48-5)40(38-28(22-44)18-31(47-4)19-29(38)23-45)26-17-30(24-46)41(35(20-26)49-6)50-36-13-9-7-11-32(36)42(2,3)33-12-8-10-14-37(33)50/h7-20,40H,1-3H3. The minimum atomic E-state index is -1.10. The van der Waals surface area contributed by atoms with Crippen molar-refractivity contribution in [3.8, 4) is 24.3 Å². The van der Waals surface area contributed by atoms with Crippen molar-refractivity contribution in [1.29, 1.82) is 21.0 Å². The first kappa shape index (κ1) is 32.3. The van der Waals surface area contributed by atoms with Gasteiger partial charge in [0.05, 0.1) is 55.2 Å². The zero-order chi connectivity index (χ0) is 35.7. The highest BCUT2D eigenvalue weighted by atomic mass is 15.2. The van der Waals surface area contributed by atoms with Crippen LogP contribution in [-0.4, -0.2) is 0 Å². The fraction of sp³-hybridized carbons (Fsp3) is 0.119. The van der Waals surface area contributed by atoms with Gasteiger partial charge < -0.3 is 4.90 Å². The molecule has 5 aromatic rings. The number of rotatable bonds is 4. The number of fused-ring (bicyclic) bond motifs is 2. The molecular formula is C42H24N8. The molecule has 0 fully saturated rings. The van der Waals surface area contributed by atoms with Gasteiger partial charge in [0.1, 0.15) is 0 Å². The van der Waals surface area contributed by atoms with Crippen molar-refractivity contribution in [2.75, 3.05) is 4.90 Å². The second-order valence-electron chi connectivity index (χ2n) is 12.3. The monoisotopic (exact) mass is 640 g/mol. The second kappa shape index (κ2) is 12.5. The zero-order valence-corrected chi connectivity index (χ0v) is 27.2. The average molecular weight is 641 g/mol. The third-order valence-electron chi connectivity index (χ3n) is 9.20. The van der Waals surface area contributed by atoms with E-state index in [0.29, 0.717) is 16.8 Å². The maximum Gasteiger partial charge on any atom is 0.212 e. The number of benzene rings is 5. The van der Waals surface area contributed by atoms with E-state index in [1.165, 1.54) is 12.1 Å². The molecule has 50 heavy (non-hydrogen) atoms. The third kappa shape index (κ3) is 4.94. The molecule has 0 aromatic heterocycles. The molecule has 0 amide bonds. The van der Waals surface area contributed by atoms with E-state index in [2.05, 4.69) is 52.7 Å². The van der Waals surface area contributed by atoms with Crippen molar-refractivity contribution in [3.05, 3.63) is 175 Å². The van der Waals surface area contributed by atoms with Crippen LogP contribution in [0.25, 0.3) is 14.5 Å². The van der Waals surface area contributed by atoms with E-state index in [4.69, 9.17) is 19.7 Å². The molecule has 0 aliphatic carbocycles. The van der Waals surface area contributed by atoms with Crippen LogP contribution in [0.15, 0.2) is 84.9 Å². The number of hydrogen-bond acceptors (Lipinski definition) is 5. The van der Waals surface area contributed by atoms with Crippen LogP contribution < -0.4 is 4.90 Å². The predicted octanol–water partition coefficient (Wildman–Crippen LogP) is 10.4. The average Bonchev–Trinajstić information content (AvgIpc) is 3.15. The Labute approximate surface area is 290 Å². The van der Waals surface area contributed by atoms with Gasteiger partial charge in [-0.25, -0.2) is 14.5 Å². The van der Waals surface area contributed by atoms with Crippen molar-refractivity contribution < 1.29 is 0 Å². The summed E-state index contributed by atoms with van der Waals surface area (Å²) < 4.78 is 0. The molecule has 1 atom stereocenters. The molecule has 8 heteroatoms. The summed E-state index contributed by atoms with van der Waals surface area (Å²) in [5.41, 5.74) is 5.69. The van der Waals surface area contributed by atoms with E-state index in [1.807, 2.05) is 53.4 Å². The quantitative estimate of drug-likeness (QED) is 0.143. The molecule has 1 unspecified atom stereocenters. The van der Waals surface area contributed by atoms with E-state index >= 15 is 0 Å². The van der Waals surface area contributed by atoms with Gasteiger partial charge in [-0.15, -0.1) is 0 Å². The summed E-state index contributed by atoms with van der Waals surface area (Å²) >= 11 is 0. The van der Waals surface area contributed by atoms with Crippen molar-refractivity contribution in [1.82, 2.24) is 0 Å². The van der Waals surface area contributed by atoms with Gasteiger partial charge in [0.15, 0.2) is 11.4 Å². The second-order valence-corrected chi connectivity index (χ2v) is 12.3. The van der Waals surface area contributed by atoms with Crippen LogP contribution in [0.5, 0.6) is 0 Å². The topological polar surface area (TPSA) is 111 Å². The number of hydrogen-bond donors (Lipinski definition) is 0. The Kier molecular flexibility index (Phi) is 8.07. The fourth-order valence-corrected chi connectivity index (χ4v) is 7.07. The number of nitriles is 4. The van der Waals surface area contributed by atoms with Gasteiger partial charge in [-0.1, -0.05) is 67.9 Å². The molecule has 0 spiro atoms. The van der Waals surface area contributed by atoms with Crippen LogP contribution in [0, 0.1) is 72.0 Å². The Morgan fingerprint density at radius 1 is 0.620 bits per heavy atom. The van der Waals surface area contributed by atoms with E-state index in [1.54, 1.807) is 31.2 Å². The fourth-order valence-electron chi connectivity index (χ4n) is 7.07. The summed E-state index contributed by atoms with van der Waals surface area (Å²) in [6.07, 6.45) is 0. The summed E-state index contributed by atoms with van der Waals surface area (Å²) in [5.74, 6) is -1.10. The Balaban J connectivity index is 1.75. The summed E-state index contributed by atoms with van der Waals surface area (Å²) in [6.45, 7) is 30.1. The molecule has 1 heterocycles. The van der Waals surface area contributed by atoms with Gasteiger partial charge in [0, 0.05) is 39.4 Å². The number of anilines is 3. The Hall–Kier alpha value is -7.67. The van der Waals surface area contributed by atoms with Gasteiger partial charge in [-0.2, -0.15) is 21.0 Å². The molecule has 0 saturated heterocycles. The lowest BCUT2D eigenvalue weighted by Gasteiger charge is -2.42. The highest BCUT2D eigenvalue weighted by Crippen LogP contribution is 2.55. The molecule has 0 saturated carbocycles. The van der Waals surface area contributed by atoms with Gasteiger partial charge in [0.2, 0.25) is 5.69 Å². The van der Waals surface area contributed by atoms with Gasteiger partial charge in [0.25, 0.3) is 0 Å². The lowest BCUT2D eigenvalue weighted by Crippen LogP contribution is -2.30. The third-order valence-corrected chi connectivity index (χ3v) is 9.20. The first-order valence-electron chi connectivity index (χ1n) is 15.4. The van der Waals surface area contributed by atoms with Crippen LogP contribution >= 0.6 is 0 Å². The molecule has 8 nitrogen and oxygen atoms in total. The van der Waals surface area contributed by atoms with Gasteiger partial charge in [-0.3, -0.25) is 0 Å². The smallest absolute Gasteiger partial charge is 0.212 e. The van der Waals surface area contributed by atoms with E-state index in [0.717, 1.165) is 22.5 Å². The highest BCUT2D eigenvalue weighted by molar-refractivity contribution is 5.94. The molecule has 1 aliphatic heterocycles. The van der Waals surface area contributed by atoms with E-state index in [9.17, 15) is 21.0 Å². The maximum atomic E-state index is 10.8. The SMILES string of the molecule is [C-]#[N+]c1cc(C#N)c(C(c2cc(C#N)c(N3c4ccccc4C(C)(C)c4ccccc43)c([N+]#[C-])c2)c2c(C#N)cc(C)cc2[N+]#[C-])c(C#N)c1. The minimum absolute atomic E-state index is 0.00788. The van der Waals surface area contributed by atoms with Crippen LogP contribution in [-0.2, 0) is 5.41 Å². The Bertz CT molecular complexity index is 2430. The zero-order valence-electron chi connectivity index (χ0n) is 27.2. The first-order valence-corrected chi connectivity index (χ1v) is 15.4. The summed E-state index contributed by atoms with van der Waals surface area (Å²) in [4.78, 5) is 13.1. The molecular weight excluding hydrogens is 617 g/mol. The highest BCUT2D eigenvalue weighted by Gasteiger charge is 2.38. The summed E-state index contributed by atoms with van der Waals surface area (Å²) in [5, 5.41) is 41.9. The van der Waals surface area contributed by atoms with Crippen LogP contribution in [0.1, 0.15) is 75.4 Å². The molecule has 5 aromatic carbocycles. The van der Waals surface area contributed by atoms with Crippen molar-refractivity contribution in [3.63, 3.8) is 0 Å². The largest absolute Gasteiger partial charge is 0.318 e. The minimum Gasteiger partial charge on any atom is -0.318 e. The van der Waals surface area contributed by atoms with E-state index < -0.39 is 5.92 Å². The molecule has 0 bridgehead atoms.